The van der Waals surface area contributed by atoms with E-state index in [1.54, 1.807) is 0 Å². The third-order valence-electron chi connectivity index (χ3n) is 4.05. The lowest BCUT2D eigenvalue weighted by Gasteiger charge is -2.11. The monoisotopic (exact) mass is 337 g/mol. The summed E-state index contributed by atoms with van der Waals surface area (Å²) in [6.07, 6.45) is 1.88. The summed E-state index contributed by atoms with van der Waals surface area (Å²) in [4.78, 5) is 6.70. The van der Waals surface area contributed by atoms with Crippen LogP contribution in [-0.2, 0) is 6.61 Å². The number of rotatable bonds is 5. The van der Waals surface area contributed by atoms with Gasteiger partial charge in [0, 0.05) is 26.0 Å². The van der Waals surface area contributed by atoms with Gasteiger partial charge in [-0.3, -0.25) is 4.40 Å². The summed E-state index contributed by atoms with van der Waals surface area (Å²) in [5.74, 6) is 0.953. The molecular weight excluding hydrogens is 314 g/mol. The van der Waals surface area contributed by atoms with E-state index in [2.05, 4.69) is 29.1 Å². The van der Waals surface area contributed by atoms with Gasteiger partial charge in [0.2, 0.25) is 0 Å². The van der Waals surface area contributed by atoms with Crippen LogP contribution in [0.15, 0.2) is 52.8 Å². The second-order valence-corrected chi connectivity index (χ2v) is 6.51. The molecule has 0 unspecified atom stereocenters. The van der Waals surface area contributed by atoms with Crippen molar-refractivity contribution in [3.05, 3.63) is 53.9 Å². The predicted octanol–water partition coefficient (Wildman–Crippen LogP) is 4.43. The summed E-state index contributed by atoms with van der Waals surface area (Å²) >= 11 is 0. The fraction of sp³-hybridized carbons (Fsp3) is 0.316. The molecule has 1 N–H and O–H groups in total. The largest absolute Gasteiger partial charge is 0.392 e. The molecule has 6 heteroatoms. The highest BCUT2D eigenvalue weighted by atomic mass is 16.3. The number of hydrogen-bond acceptors (Lipinski definition) is 5. The zero-order chi connectivity index (χ0) is 18.0. The molecule has 0 spiro atoms. The van der Waals surface area contributed by atoms with E-state index in [9.17, 15) is 5.11 Å². The molecule has 0 atom stereocenters. The Bertz CT molecular complexity index is 894. The van der Waals surface area contributed by atoms with Crippen molar-refractivity contribution in [2.75, 3.05) is 19.0 Å². The molecule has 130 valence electrons. The van der Waals surface area contributed by atoms with Crippen molar-refractivity contribution < 1.29 is 5.11 Å². The lowest BCUT2D eigenvalue weighted by atomic mass is 10.1. The number of hydrogen-bond donors (Lipinski definition) is 1. The van der Waals surface area contributed by atoms with Gasteiger partial charge in [-0.15, -0.1) is 10.2 Å². The SMILES string of the molecule is CC(C)c1nc2cc(CO)ccn2c1N=Nc1ccc(N(C)C)cc1. The molecule has 3 rings (SSSR count). The zero-order valence-electron chi connectivity index (χ0n) is 15.0. The average molecular weight is 337 g/mol. The summed E-state index contributed by atoms with van der Waals surface area (Å²) in [7, 11) is 4.01. The van der Waals surface area contributed by atoms with Gasteiger partial charge in [-0.2, -0.15) is 0 Å². The highest BCUT2D eigenvalue weighted by molar-refractivity contribution is 5.55. The van der Waals surface area contributed by atoms with Crippen LogP contribution in [0, 0.1) is 0 Å². The molecule has 6 nitrogen and oxygen atoms in total. The number of azo groups is 1. The Kier molecular flexibility index (Phi) is 4.81. The molecule has 0 radical (unpaired) electrons. The van der Waals surface area contributed by atoms with Crippen LogP contribution in [0.1, 0.15) is 31.0 Å². The Morgan fingerprint density at radius 2 is 1.84 bits per heavy atom. The van der Waals surface area contributed by atoms with Crippen LogP contribution in [-0.4, -0.2) is 28.6 Å². The molecule has 0 fully saturated rings. The number of anilines is 1. The third kappa shape index (κ3) is 3.53. The number of aromatic nitrogens is 2. The predicted molar refractivity (Wildman–Crippen MR) is 100 cm³/mol. The highest BCUT2D eigenvalue weighted by Gasteiger charge is 2.15. The normalized spacial score (nSPS) is 11.8. The Morgan fingerprint density at radius 1 is 1.12 bits per heavy atom. The molecule has 0 saturated heterocycles. The average Bonchev–Trinajstić information content (AvgIpc) is 2.98. The first-order chi connectivity index (χ1) is 12.0. The van der Waals surface area contributed by atoms with Gasteiger partial charge >= 0.3 is 0 Å². The number of pyridine rings is 1. The Hall–Kier alpha value is -2.73. The van der Waals surface area contributed by atoms with Gasteiger partial charge in [0.25, 0.3) is 0 Å². The quantitative estimate of drug-likeness (QED) is 0.700. The van der Waals surface area contributed by atoms with Crippen molar-refractivity contribution in [3.8, 4) is 0 Å². The van der Waals surface area contributed by atoms with Gasteiger partial charge in [-0.05, 0) is 47.9 Å². The maximum absolute atomic E-state index is 9.31. The van der Waals surface area contributed by atoms with Gasteiger partial charge in [0.1, 0.15) is 5.65 Å². The number of aliphatic hydroxyl groups is 1. The number of nitrogens with zero attached hydrogens (tertiary/aromatic N) is 5. The minimum atomic E-state index is -0.00452. The van der Waals surface area contributed by atoms with Gasteiger partial charge < -0.3 is 10.0 Å². The molecule has 0 saturated carbocycles. The molecule has 3 aromatic rings. The van der Waals surface area contributed by atoms with Crippen LogP contribution >= 0.6 is 0 Å². The lowest BCUT2D eigenvalue weighted by Crippen LogP contribution is -2.07. The number of fused-ring (bicyclic) bond motifs is 1. The van der Waals surface area contributed by atoms with Gasteiger partial charge in [0.05, 0.1) is 18.0 Å². The zero-order valence-corrected chi connectivity index (χ0v) is 15.0. The van der Waals surface area contributed by atoms with E-state index in [1.165, 1.54) is 0 Å². The maximum atomic E-state index is 9.31. The molecule has 2 heterocycles. The second-order valence-electron chi connectivity index (χ2n) is 6.51. The highest BCUT2D eigenvalue weighted by Crippen LogP contribution is 2.30. The fourth-order valence-corrected chi connectivity index (χ4v) is 2.60. The van der Waals surface area contributed by atoms with E-state index < -0.39 is 0 Å². The number of benzene rings is 1. The summed E-state index contributed by atoms with van der Waals surface area (Å²) in [5, 5.41) is 18.2. The Morgan fingerprint density at radius 3 is 2.44 bits per heavy atom. The summed E-state index contributed by atoms with van der Waals surface area (Å²) < 4.78 is 1.91. The molecule has 25 heavy (non-hydrogen) atoms. The minimum Gasteiger partial charge on any atom is -0.392 e. The van der Waals surface area contributed by atoms with E-state index >= 15 is 0 Å². The van der Waals surface area contributed by atoms with Gasteiger partial charge in [-0.1, -0.05) is 13.8 Å². The summed E-state index contributed by atoms with van der Waals surface area (Å²) in [6.45, 7) is 4.16. The molecule has 0 aliphatic carbocycles. The standard InChI is InChI=1S/C19H23N5O/c1-13(2)18-19(24-10-9-14(12-25)11-17(24)20-18)22-21-15-5-7-16(8-6-15)23(3)4/h5-11,13,25H,12H2,1-4H3. The topological polar surface area (TPSA) is 65.5 Å². The van der Waals surface area contributed by atoms with Crippen molar-refractivity contribution in [2.24, 2.45) is 10.2 Å². The van der Waals surface area contributed by atoms with Gasteiger partial charge in [-0.25, -0.2) is 4.98 Å². The fourth-order valence-electron chi connectivity index (χ4n) is 2.60. The molecule has 0 bridgehead atoms. The lowest BCUT2D eigenvalue weighted by molar-refractivity contribution is 0.282. The van der Waals surface area contributed by atoms with E-state index in [0.717, 1.165) is 34.1 Å². The molecule has 2 aromatic heterocycles. The van der Waals surface area contributed by atoms with Crippen LogP contribution in [0.4, 0.5) is 17.2 Å². The van der Waals surface area contributed by atoms with Crippen LogP contribution in [0.5, 0.6) is 0 Å². The van der Waals surface area contributed by atoms with Crippen LogP contribution in [0.3, 0.4) is 0 Å². The van der Waals surface area contributed by atoms with Crippen molar-refractivity contribution in [1.82, 2.24) is 9.38 Å². The Balaban J connectivity index is 2.00. The summed E-state index contributed by atoms with van der Waals surface area (Å²) in [5.41, 5.74) is 4.40. The minimum absolute atomic E-state index is 0.00452. The van der Waals surface area contributed by atoms with Crippen molar-refractivity contribution in [1.29, 1.82) is 0 Å². The van der Waals surface area contributed by atoms with Crippen molar-refractivity contribution in [2.45, 2.75) is 26.4 Å². The first-order valence-electron chi connectivity index (χ1n) is 8.30. The van der Waals surface area contributed by atoms with Crippen molar-refractivity contribution in [3.63, 3.8) is 0 Å². The molecule has 0 amide bonds. The number of aliphatic hydroxyl groups excluding tert-OH is 1. The number of imidazole rings is 1. The third-order valence-corrected chi connectivity index (χ3v) is 4.05. The van der Waals surface area contributed by atoms with E-state index in [0.29, 0.717) is 0 Å². The van der Waals surface area contributed by atoms with E-state index in [1.807, 2.05) is 66.0 Å². The smallest absolute Gasteiger partial charge is 0.183 e. The van der Waals surface area contributed by atoms with Crippen LogP contribution < -0.4 is 4.90 Å². The van der Waals surface area contributed by atoms with Crippen LogP contribution in [0.25, 0.3) is 5.65 Å². The first-order valence-corrected chi connectivity index (χ1v) is 8.30. The van der Waals surface area contributed by atoms with Crippen molar-refractivity contribution >= 4 is 22.8 Å². The van der Waals surface area contributed by atoms with Gasteiger partial charge in [0.15, 0.2) is 5.82 Å². The second kappa shape index (κ2) is 7.03. The first kappa shape index (κ1) is 17.1. The Labute approximate surface area is 147 Å². The molecule has 0 aliphatic heterocycles. The van der Waals surface area contributed by atoms with E-state index in [-0.39, 0.29) is 12.5 Å². The maximum Gasteiger partial charge on any atom is 0.183 e. The molecule has 0 aliphatic rings. The van der Waals surface area contributed by atoms with E-state index in [4.69, 9.17) is 0 Å². The van der Waals surface area contributed by atoms with Crippen LogP contribution in [0.2, 0.25) is 0 Å². The summed E-state index contributed by atoms with van der Waals surface area (Å²) in [6, 6.07) is 11.7. The molecular formula is C19H23N5O. The molecule has 1 aromatic carbocycles.